The van der Waals surface area contributed by atoms with Crippen LogP contribution < -0.4 is 4.74 Å². The molecule has 3 aliphatic rings. The lowest BCUT2D eigenvalue weighted by Gasteiger charge is -2.35. The maximum absolute atomic E-state index is 12.8. The lowest BCUT2D eigenvalue weighted by molar-refractivity contribution is 0.0730. The van der Waals surface area contributed by atoms with Crippen molar-refractivity contribution in [3.63, 3.8) is 0 Å². The van der Waals surface area contributed by atoms with Gasteiger partial charge in [-0.15, -0.1) is 0 Å². The molecule has 2 atom stereocenters. The number of rotatable bonds is 4. The van der Waals surface area contributed by atoms with Crippen molar-refractivity contribution in [2.75, 3.05) is 26.7 Å². The number of fused-ring (bicyclic) bond motifs is 4. The molecule has 0 aromatic carbocycles. The highest BCUT2D eigenvalue weighted by atomic mass is 16.5. The molecule has 26 heavy (non-hydrogen) atoms. The van der Waals surface area contributed by atoms with Gasteiger partial charge >= 0.3 is 0 Å². The first-order chi connectivity index (χ1) is 12.7. The van der Waals surface area contributed by atoms with Crippen molar-refractivity contribution in [2.45, 2.75) is 25.4 Å². The van der Waals surface area contributed by atoms with Crippen LogP contribution in [0.25, 0.3) is 0 Å². The molecule has 0 N–H and O–H groups in total. The SMILES string of the molecule is COc1ccnc(CN2C[C@H]3CC[C@@H]2CN(C(=O)c2ccccn2)C3)c1. The van der Waals surface area contributed by atoms with Gasteiger partial charge in [0.15, 0.2) is 0 Å². The fraction of sp³-hybridized carbons (Fsp3) is 0.450. The lowest BCUT2D eigenvalue weighted by Crippen LogP contribution is -2.44. The number of pyridine rings is 2. The number of carbonyl (C=O) groups excluding carboxylic acids is 1. The number of methoxy groups -OCH3 is 1. The number of piperidine rings is 1. The van der Waals surface area contributed by atoms with E-state index in [1.807, 2.05) is 29.2 Å². The Hall–Kier alpha value is -2.47. The highest BCUT2D eigenvalue weighted by molar-refractivity contribution is 5.92. The average molecular weight is 352 g/mol. The van der Waals surface area contributed by atoms with Crippen LogP contribution in [0.1, 0.15) is 29.0 Å². The molecule has 2 bridgehead atoms. The third-order valence-corrected chi connectivity index (χ3v) is 5.39. The van der Waals surface area contributed by atoms with Gasteiger partial charge in [0.05, 0.1) is 12.8 Å². The summed E-state index contributed by atoms with van der Waals surface area (Å²) in [5, 5.41) is 0. The number of ether oxygens (including phenoxy) is 1. The highest BCUT2D eigenvalue weighted by Crippen LogP contribution is 2.30. The number of hydrogen-bond acceptors (Lipinski definition) is 5. The molecule has 0 radical (unpaired) electrons. The van der Waals surface area contributed by atoms with Gasteiger partial charge in [0.25, 0.3) is 5.91 Å². The Kier molecular flexibility index (Phi) is 4.84. The molecule has 5 heterocycles. The smallest absolute Gasteiger partial charge is 0.272 e. The Morgan fingerprint density at radius 1 is 1.15 bits per heavy atom. The number of aromatic nitrogens is 2. The summed E-state index contributed by atoms with van der Waals surface area (Å²) >= 11 is 0. The monoisotopic (exact) mass is 352 g/mol. The Morgan fingerprint density at radius 3 is 2.88 bits per heavy atom. The molecule has 6 nitrogen and oxygen atoms in total. The minimum atomic E-state index is 0.0452. The van der Waals surface area contributed by atoms with Gasteiger partial charge in [-0.1, -0.05) is 6.07 Å². The minimum absolute atomic E-state index is 0.0452. The van der Waals surface area contributed by atoms with E-state index in [-0.39, 0.29) is 5.91 Å². The summed E-state index contributed by atoms with van der Waals surface area (Å²) in [5.41, 5.74) is 1.55. The molecule has 3 saturated heterocycles. The van der Waals surface area contributed by atoms with E-state index in [1.54, 1.807) is 25.6 Å². The molecule has 2 aromatic heterocycles. The summed E-state index contributed by atoms with van der Waals surface area (Å²) in [4.78, 5) is 26.0. The Morgan fingerprint density at radius 2 is 2.08 bits per heavy atom. The zero-order valence-corrected chi connectivity index (χ0v) is 15.0. The molecule has 1 amide bonds. The summed E-state index contributed by atoms with van der Waals surface area (Å²) in [6.07, 6.45) is 5.78. The second kappa shape index (κ2) is 7.41. The Balaban J connectivity index is 1.48. The number of carbonyl (C=O) groups is 1. The topological polar surface area (TPSA) is 58.6 Å². The predicted molar refractivity (Wildman–Crippen MR) is 97.9 cm³/mol. The molecule has 136 valence electrons. The molecule has 6 heteroatoms. The quantitative estimate of drug-likeness (QED) is 0.844. The molecule has 3 aliphatic heterocycles. The molecule has 0 aliphatic carbocycles. The summed E-state index contributed by atoms with van der Waals surface area (Å²) in [6, 6.07) is 9.74. The second-order valence-corrected chi connectivity index (χ2v) is 7.14. The van der Waals surface area contributed by atoms with Gasteiger partial charge in [0, 0.05) is 50.7 Å². The van der Waals surface area contributed by atoms with E-state index in [1.165, 1.54) is 6.42 Å². The van der Waals surface area contributed by atoms with Crippen LogP contribution >= 0.6 is 0 Å². The first kappa shape index (κ1) is 17.0. The van der Waals surface area contributed by atoms with E-state index in [2.05, 4.69) is 14.9 Å². The van der Waals surface area contributed by atoms with E-state index < -0.39 is 0 Å². The van der Waals surface area contributed by atoms with Gasteiger partial charge in [-0.2, -0.15) is 0 Å². The molecule has 5 rings (SSSR count). The molecule has 0 spiro atoms. The fourth-order valence-electron chi connectivity index (χ4n) is 4.07. The first-order valence-electron chi connectivity index (χ1n) is 9.16. The van der Waals surface area contributed by atoms with Gasteiger partial charge in [-0.25, -0.2) is 0 Å². The zero-order chi connectivity index (χ0) is 17.9. The van der Waals surface area contributed by atoms with E-state index in [0.29, 0.717) is 17.7 Å². The first-order valence-corrected chi connectivity index (χ1v) is 9.16. The van der Waals surface area contributed by atoms with Crippen LogP contribution in [0.5, 0.6) is 5.75 Å². The van der Waals surface area contributed by atoms with Crippen molar-refractivity contribution in [3.8, 4) is 5.75 Å². The van der Waals surface area contributed by atoms with Crippen LogP contribution in [0.4, 0.5) is 0 Å². The lowest BCUT2D eigenvalue weighted by atomic mass is 9.95. The van der Waals surface area contributed by atoms with Crippen molar-refractivity contribution in [1.29, 1.82) is 0 Å². The normalized spacial score (nSPS) is 22.9. The number of nitrogens with zero attached hydrogens (tertiary/aromatic N) is 4. The van der Waals surface area contributed by atoms with Gasteiger partial charge in [0.1, 0.15) is 11.4 Å². The van der Waals surface area contributed by atoms with Crippen LogP contribution in [0, 0.1) is 5.92 Å². The summed E-state index contributed by atoms with van der Waals surface area (Å²) < 4.78 is 5.31. The maximum Gasteiger partial charge on any atom is 0.272 e. The maximum atomic E-state index is 12.8. The Labute approximate surface area is 153 Å². The van der Waals surface area contributed by atoms with E-state index in [0.717, 1.165) is 44.0 Å². The van der Waals surface area contributed by atoms with Gasteiger partial charge in [0.2, 0.25) is 0 Å². The van der Waals surface area contributed by atoms with Crippen molar-refractivity contribution < 1.29 is 9.53 Å². The summed E-state index contributed by atoms with van der Waals surface area (Å²) in [5.74, 6) is 1.39. The molecular formula is C20H24N4O2. The third-order valence-electron chi connectivity index (χ3n) is 5.39. The third kappa shape index (κ3) is 3.55. The van der Waals surface area contributed by atoms with Gasteiger partial charge in [-0.05, 0) is 37.0 Å². The van der Waals surface area contributed by atoms with Gasteiger partial charge < -0.3 is 9.64 Å². The van der Waals surface area contributed by atoms with Crippen molar-refractivity contribution in [3.05, 3.63) is 54.1 Å². The summed E-state index contributed by atoms with van der Waals surface area (Å²) in [6.45, 7) is 3.38. The molecule has 3 fully saturated rings. The standard InChI is InChI=1S/C20H24N4O2/c1-26-18-7-9-21-16(10-18)13-23-11-15-5-6-17(23)14-24(12-15)20(25)19-4-2-3-8-22-19/h2-4,7-10,15,17H,5-6,11-14H2,1H3/t15-,17-/m1/s1. The van der Waals surface area contributed by atoms with Crippen molar-refractivity contribution in [2.24, 2.45) is 5.92 Å². The molecule has 0 saturated carbocycles. The molecule has 2 aromatic rings. The Bertz CT molecular complexity index is 767. The van der Waals surface area contributed by atoms with Crippen molar-refractivity contribution >= 4 is 5.91 Å². The molecular weight excluding hydrogens is 328 g/mol. The second-order valence-electron chi connectivity index (χ2n) is 7.14. The molecule has 0 unspecified atom stereocenters. The zero-order valence-electron chi connectivity index (χ0n) is 15.0. The largest absolute Gasteiger partial charge is 0.497 e. The van der Waals surface area contributed by atoms with E-state index in [4.69, 9.17) is 4.74 Å². The number of amides is 1. The number of hydrogen-bond donors (Lipinski definition) is 0. The minimum Gasteiger partial charge on any atom is -0.497 e. The van der Waals surface area contributed by atoms with Crippen LogP contribution in [-0.4, -0.2) is 58.5 Å². The van der Waals surface area contributed by atoms with Crippen LogP contribution in [0.15, 0.2) is 42.7 Å². The van der Waals surface area contributed by atoms with Crippen LogP contribution in [0.2, 0.25) is 0 Å². The van der Waals surface area contributed by atoms with Crippen molar-refractivity contribution in [1.82, 2.24) is 19.8 Å². The van der Waals surface area contributed by atoms with Gasteiger partial charge in [-0.3, -0.25) is 19.7 Å². The van der Waals surface area contributed by atoms with Crippen LogP contribution in [0.3, 0.4) is 0 Å². The predicted octanol–water partition coefficient (Wildman–Crippen LogP) is 2.22. The van der Waals surface area contributed by atoms with E-state index >= 15 is 0 Å². The highest BCUT2D eigenvalue weighted by Gasteiger charge is 2.36. The summed E-state index contributed by atoms with van der Waals surface area (Å²) in [7, 11) is 1.67. The fourth-order valence-corrected chi connectivity index (χ4v) is 4.07. The van der Waals surface area contributed by atoms with E-state index in [9.17, 15) is 4.79 Å². The van der Waals surface area contributed by atoms with Crippen LogP contribution in [-0.2, 0) is 6.54 Å². The average Bonchev–Trinajstić information content (AvgIpc) is 3.00.